The van der Waals surface area contributed by atoms with Gasteiger partial charge in [0.2, 0.25) is 0 Å². The zero-order valence-corrected chi connectivity index (χ0v) is 17.2. The third kappa shape index (κ3) is 3.91. The van der Waals surface area contributed by atoms with Crippen molar-refractivity contribution in [3.05, 3.63) is 53.0 Å². The highest BCUT2D eigenvalue weighted by Gasteiger charge is 2.21. The standard InChI is InChI=1S/C22H26N6O2/c1-13-20(14(2)28(27-13)12-15-7-9-24-10-8-15)26-22(30)17-11-19(21(23)29)25-18-6-4-3-5-16(17)18/h3-6,11,15,24H,7-10,12H2,1-2H3,(H2,23,29)(H,26,30). The fourth-order valence-corrected chi connectivity index (χ4v) is 4.03. The molecule has 1 fully saturated rings. The van der Waals surface area contributed by atoms with Gasteiger partial charge in [-0.25, -0.2) is 4.98 Å². The predicted molar refractivity (Wildman–Crippen MR) is 116 cm³/mol. The first-order valence-corrected chi connectivity index (χ1v) is 10.2. The summed E-state index contributed by atoms with van der Waals surface area (Å²) in [7, 11) is 0. The Morgan fingerprint density at radius 3 is 2.70 bits per heavy atom. The molecule has 30 heavy (non-hydrogen) atoms. The molecule has 1 saturated heterocycles. The number of pyridine rings is 1. The molecule has 8 nitrogen and oxygen atoms in total. The molecule has 1 aliphatic rings. The maximum Gasteiger partial charge on any atom is 0.267 e. The molecule has 2 amide bonds. The van der Waals surface area contributed by atoms with Crippen LogP contribution in [0.5, 0.6) is 0 Å². The maximum absolute atomic E-state index is 13.2. The van der Waals surface area contributed by atoms with Gasteiger partial charge in [0.05, 0.1) is 28.2 Å². The summed E-state index contributed by atoms with van der Waals surface area (Å²) in [6.45, 7) is 6.77. The monoisotopic (exact) mass is 406 g/mol. The highest BCUT2D eigenvalue weighted by atomic mass is 16.2. The topological polar surface area (TPSA) is 115 Å². The van der Waals surface area contributed by atoms with Crippen molar-refractivity contribution in [2.45, 2.75) is 33.2 Å². The van der Waals surface area contributed by atoms with Crippen molar-refractivity contribution >= 4 is 28.4 Å². The molecule has 0 atom stereocenters. The minimum absolute atomic E-state index is 0.0638. The summed E-state index contributed by atoms with van der Waals surface area (Å²) in [6.07, 6.45) is 2.25. The Morgan fingerprint density at radius 1 is 1.23 bits per heavy atom. The van der Waals surface area contributed by atoms with Gasteiger partial charge in [-0.3, -0.25) is 14.3 Å². The summed E-state index contributed by atoms with van der Waals surface area (Å²) in [5.74, 6) is -0.407. The van der Waals surface area contributed by atoms with Gasteiger partial charge in [0.25, 0.3) is 11.8 Å². The van der Waals surface area contributed by atoms with E-state index in [0.29, 0.717) is 28.1 Å². The lowest BCUT2D eigenvalue weighted by atomic mass is 9.98. The van der Waals surface area contributed by atoms with Crippen LogP contribution in [0, 0.1) is 19.8 Å². The van der Waals surface area contributed by atoms with Crippen LogP contribution in [0.25, 0.3) is 10.9 Å². The SMILES string of the molecule is Cc1nn(CC2CCNCC2)c(C)c1NC(=O)c1cc(C(N)=O)nc2ccccc12. The molecule has 156 valence electrons. The molecular weight excluding hydrogens is 380 g/mol. The summed E-state index contributed by atoms with van der Waals surface area (Å²) in [5.41, 5.74) is 8.79. The Kier molecular flexibility index (Phi) is 5.50. The zero-order chi connectivity index (χ0) is 21.3. The van der Waals surface area contributed by atoms with Gasteiger partial charge < -0.3 is 16.4 Å². The molecule has 4 N–H and O–H groups in total. The van der Waals surface area contributed by atoms with Crippen LogP contribution in [-0.2, 0) is 6.54 Å². The normalized spacial score (nSPS) is 14.7. The van der Waals surface area contributed by atoms with Gasteiger partial charge in [-0.15, -0.1) is 0 Å². The van der Waals surface area contributed by atoms with E-state index in [0.717, 1.165) is 43.9 Å². The van der Waals surface area contributed by atoms with E-state index in [2.05, 4.69) is 20.7 Å². The molecule has 0 spiro atoms. The lowest BCUT2D eigenvalue weighted by Gasteiger charge is -2.23. The van der Waals surface area contributed by atoms with Crippen LogP contribution in [0.3, 0.4) is 0 Å². The number of aryl methyl sites for hydroxylation is 1. The second kappa shape index (κ2) is 8.23. The number of carbonyl (C=O) groups is 2. The van der Waals surface area contributed by atoms with Crippen molar-refractivity contribution in [2.24, 2.45) is 11.7 Å². The van der Waals surface area contributed by atoms with Gasteiger partial charge in [0.1, 0.15) is 5.69 Å². The van der Waals surface area contributed by atoms with E-state index >= 15 is 0 Å². The molecular formula is C22H26N6O2. The van der Waals surface area contributed by atoms with Crippen molar-refractivity contribution in [2.75, 3.05) is 18.4 Å². The average molecular weight is 406 g/mol. The maximum atomic E-state index is 13.2. The first-order valence-electron chi connectivity index (χ1n) is 10.2. The molecule has 1 aliphatic heterocycles. The summed E-state index contributed by atoms with van der Waals surface area (Å²) in [5, 5.41) is 11.7. The lowest BCUT2D eigenvalue weighted by molar-refractivity contribution is 0.0996. The molecule has 4 rings (SSSR count). The summed E-state index contributed by atoms with van der Waals surface area (Å²) >= 11 is 0. The van der Waals surface area contributed by atoms with Gasteiger partial charge in [-0.05, 0) is 57.8 Å². The quantitative estimate of drug-likeness (QED) is 0.602. The number of amides is 2. The number of primary amides is 1. The van der Waals surface area contributed by atoms with Crippen molar-refractivity contribution < 1.29 is 9.59 Å². The second-order valence-electron chi connectivity index (χ2n) is 7.81. The van der Waals surface area contributed by atoms with Crippen molar-refractivity contribution in [1.82, 2.24) is 20.1 Å². The number of carbonyl (C=O) groups excluding carboxylic acids is 2. The zero-order valence-electron chi connectivity index (χ0n) is 17.2. The van der Waals surface area contributed by atoms with E-state index in [4.69, 9.17) is 5.73 Å². The molecule has 0 radical (unpaired) electrons. The number of rotatable bonds is 5. The van der Waals surface area contributed by atoms with Crippen molar-refractivity contribution in [3.63, 3.8) is 0 Å². The van der Waals surface area contributed by atoms with E-state index in [1.54, 1.807) is 12.1 Å². The third-order valence-electron chi connectivity index (χ3n) is 5.72. The second-order valence-corrected chi connectivity index (χ2v) is 7.81. The fraction of sp³-hybridized carbons (Fsp3) is 0.364. The van der Waals surface area contributed by atoms with Crippen LogP contribution >= 0.6 is 0 Å². The van der Waals surface area contributed by atoms with Crippen molar-refractivity contribution in [3.8, 4) is 0 Å². The number of nitrogens with two attached hydrogens (primary N) is 1. The molecule has 1 aromatic carbocycles. The van der Waals surface area contributed by atoms with Gasteiger partial charge in [-0.1, -0.05) is 18.2 Å². The van der Waals surface area contributed by atoms with Crippen LogP contribution in [0.15, 0.2) is 30.3 Å². The van der Waals surface area contributed by atoms with E-state index in [9.17, 15) is 9.59 Å². The summed E-state index contributed by atoms with van der Waals surface area (Å²) in [6, 6.07) is 8.65. The Morgan fingerprint density at radius 2 is 1.97 bits per heavy atom. The number of para-hydroxylation sites is 1. The van der Waals surface area contributed by atoms with Gasteiger partial charge >= 0.3 is 0 Å². The van der Waals surface area contributed by atoms with Gasteiger partial charge in [0, 0.05) is 11.9 Å². The highest BCUT2D eigenvalue weighted by Crippen LogP contribution is 2.25. The van der Waals surface area contributed by atoms with Crippen LogP contribution < -0.4 is 16.4 Å². The largest absolute Gasteiger partial charge is 0.364 e. The van der Waals surface area contributed by atoms with Crippen molar-refractivity contribution in [1.29, 1.82) is 0 Å². The number of piperidine rings is 1. The fourth-order valence-electron chi connectivity index (χ4n) is 4.03. The van der Waals surface area contributed by atoms with E-state index in [-0.39, 0.29) is 11.6 Å². The molecule has 0 saturated carbocycles. The lowest BCUT2D eigenvalue weighted by Crippen LogP contribution is -2.30. The smallest absolute Gasteiger partial charge is 0.267 e. The number of nitrogens with zero attached hydrogens (tertiary/aromatic N) is 3. The molecule has 3 heterocycles. The van der Waals surface area contributed by atoms with E-state index in [1.165, 1.54) is 6.07 Å². The molecule has 0 bridgehead atoms. The van der Waals surface area contributed by atoms with E-state index in [1.807, 2.05) is 30.7 Å². The first kappa shape index (κ1) is 20.0. The highest BCUT2D eigenvalue weighted by molar-refractivity contribution is 6.14. The van der Waals surface area contributed by atoms with Gasteiger partial charge in [-0.2, -0.15) is 5.10 Å². The number of hydrogen-bond donors (Lipinski definition) is 3. The Balaban J connectivity index is 1.64. The summed E-state index contributed by atoms with van der Waals surface area (Å²) < 4.78 is 1.99. The van der Waals surface area contributed by atoms with Crippen LogP contribution in [-0.4, -0.2) is 39.7 Å². The number of aromatic nitrogens is 3. The summed E-state index contributed by atoms with van der Waals surface area (Å²) in [4.78, 5) is 29.1. The number of hydrogen-bond acceptors (Lipinski definition) is 5. The van der Waals surface area contributed by atoms with Crippen LogP contribution in [0.1, 0.15) is 45.1 Å². The Hall–Kier alpha value is -3.26. The molecule has 3 aromatic rings. The van der Waals surface area contributed by atoms with Crippen LogP contribution in [0.2, 0.25) is 0 Å². The number of benzene rings is 1. The Labute approximate surface area is 174 Å². The van der Waals surface area contributed by atoms with Crippen LogP contribution in [0.4, 0.5) is 5.69 Å². The number of anilines is 1. The minimum atomic E-state index is -0.669. The van der Waals surface area contributed by atoms with E-state index < -0.39 is 5.91 Å². The molecule has 2 aromatic heterocycles. The minimum Gasteiger partial charge on any atom is -0.364 e. The van der Waals surface area contributed by atoms with Gasteiger partial charge in [0.15, 0.2) is 0 Å². The molecule has 0 unspecified atom stereocenters. The average Bonchev–Trinajstić information content (AvgIpc) is 3.00. The molecule has 0 aliphatic carbocycles. The molecule has 8 heteroatoms. The number of nitrogens with one attached hydrogen (secondary N) is 2. The first-order chi connectivity index (χ1) is 14.4. The Bertz CT molecular complexity index is 1110. The predicted octanol–water partition coefficient (Wildman–Crippen LogP) is 2.40. The third-order valence-corrected chi connectivity index (χ3v) is 5.72. The number of fused-ring (bicyclic) bond motifs is 1.